The Labute approximate surface area is 98.5 Å². The highest BCUT2D eigenvalue weighted by Gasteiger charge is 2.14. The van der Waals surface area contributed by atoms with Crippen molar-refractivity contribution in [2.24, 2.45) is 11.8 Å². The van der Waals surface area contributed by atoms with Gasteiger partial charge >= 0.3 is 0 Å². The molecule has 2 unspecified atom stereocenters. The smallest absolute Gasteiger partial charge is 0.0507 e. The largest absolute Gasteiger partial charge is 0.381 e. The summed E-state index contributed by atoms with van der Waals surface area (Å²) >= 11 is 2.07. The van der Waals surface area contributed by atoms with Crippen molar-refractivity contribution in [1.82, 2.24) is 5.32 Å². The highest BCUT2D eigenvalue weighted by atomic mass is 32.2. The van der Waals surface area contributed by atoms with Crippen molar-refractivity contribution in [1.29, 1.82) is 0 Å². The molecule has 2 nitrogen and oxygen atoms in total. The molecule has 1 N–H and O–H groups in total. The standard InChI is InChI=1S/C12H25NOS/c1-3-11(2)10-15-7-5-13-8-12-4-6-14-9-12/h11-13H,3-10H2,1-2H3. The predicted octanol–water partition coefficient (Wildman–Crippen LogP) is 2.39. The van der Waals surface area contributed by atoms with Crippen LogP contribution in [0.3, 0.4) is 0 Å². The van der Waals surface area contributed by atoms with E-state index in [1.54, 1.807) is 0 Å². The molecule has 0 amide bonds. The molecule has 15 heavy (non-hydrogen) atoms. The van der Waals surface area contributed by atoms with Gasteiger partial charge in [-0.1, -0.05) is 20.3 Å². The quantitative estimate of drug-likeness (QED) is 0.648. The molecule has 2 atom stereocenters. The van der Waals surface area contributed by atoms with Crippen molar-refractivity contribution < 1.29 is 4.74 Å². The lowest BCUT2D eigenvalue weighted by Gasteiger charge is -2.10. The molecule has 0 radical (unpaired) electrons. The van der Waals surface area contributed by atoms with Crippen molar-refractivity contribution in [2.45, 2.75) is 26.7 Å². The first kappa shape index (κ1) is 13.3. The molecule has 1 aliphatic rings. The van der Waals surface area contributed by atoms with Crippen LogP contribution in [0.15, 0.2) is 0 Å². The number of nitrogens with one attached hydrogen (secondary N) is 1. The van der Waals surface area contributed by atoms with Crippen molar-refractivity contribution in [3.8, 4) is 0 Å². The summed E-state index contributed by atoms with van der Waals surface area (Å²) in [6.45, 7) is 8.82. The van der Waals surface area contributed by atoms with Gasteiger partial charge in [0.1, 0.15) is 0 Å². The third-order valence-electron chi connectivity index (χ3n) is 2.98. The number of rotatable bonds is 8. The monoisotopic (exact) mass is 231 g/mol. The summed E-state index contributed by atoms with van der Waals surface area (Å²) in [6.07, 6.45) is 2.55. The lowest BCUT2D eigenvalue weighted by Crippen LogP contribution is -2.25. The molecule has 0 spiro atoms. The van der Waals surface area contributed by atoms with Crippen molar-refractivity contribution in [3.05, 3.63) is 0 Å². The number of hydrogen-bond acceptors (Lipinski definition) is 3. The highest BCUT2D eigenvalue weighted by Crippen LogP contribution is 2.11. The Morgan fingerprint density at radius 1 is 1.53 bits per heavy atom. The minimum absolute atomic E-state index is 0.768. The molecule has 1 heterocycles. The third-order valence-corrected chi connectivity index (χ3v) is 4.28. The third kappa shape index (κ3) is 6.44. The molecule has 3 heteroatoms. The van der Waals surface area contributed by atoms with E-state index < -0.39 is 0 Å². The van der Waals surface area contributed by atoms with E-state index in [1.165, 1.54) is 24.3 Å². The Morgan fingerprint density at radius 3 is 3.07 bits per heavy atom. The fourth-order valence-corrected chi connectivity index (χ4v) is 2.69. The zero-order valence-electron chi connectivity index (χ0n) is 10.1. The Kier molecular flexibility index (Phi) is 7.49. The van der Waals surface area contributed by atoms with E-state index in [9.17, 15) is 0 Å². The molecule has 0 aliphatic carbocycles. The Morgan fingerprint density at radius 2 is 2.40 bits per heavy atom. The molecule has 1 fully saturated rings. The summed E-state index contributed by atoms with van der Waals surface area (Å²) in [5, 5.41) is 3.52. The van der Waals surface area contributed by atoms with Gasteiger partial charge in [-0.15, -0.1) is 0 Å². The second kappa shape index (κ2) is 8.43. The Balaban J connectivity index is 1.80. The van der Waals surface area contributed by atoms with E-state index in [4.69, 9.17) is 4.74 Å². The zero-order chi connectivity index (χ0) is 10.9. The van der Waals surface area contributed by atoms with Crippen molar-refractivity contribution >= 4 is 11.8 Å². The maximum Gasteiger partial charge on any atom is 0.0507 e. The number of ether oxygens (including phenoxy) is 1. The summed E-state index contributed by atoms with van der Waals surface area (Å²) in [5.41, 5.74) is 0. The number of hydrogen-bond donors (Lipinski definition) is 1. The average Bonchev–Trinajstić information content (AvgIpc) is 2.75. The first-order valence-corrected chi connectivity index (χ1v) is 7.34. The van der Waals surface area contributed by atoms with E-state index in [2.05, 4.69) is 30.9 Å². The van der Waals surface area contributed by atoms with Gasteiger partial charge in [-0.25, -0.2) is 0 Å². The normalized spacial score (nSPS) is 23.2. The van der Waals surface area contributed by atoms with Gasteiger partial charge in [0.15, 0.2) is 0 Å². The van der Waals surface area contributed by atoms with Gasteiger partial charge in [-0.2, -0.15) is 11.8 Å². The minimum Gasteiger partial charge on any atom is -0.381 e. The lowest BCUT2D eigenvalue weighted by molar-refractivity contribution is 0.185. The van der Waals surface area contributed by atoms with Crippen LogP contribution in [0.2, 0.25) is 0 Å². The van der Waals surface area contributed by atoms with E-state index in [0.29, 0.717) is 0 Å². The highest BCUT2D eigenvalue weighted by molar-refractivity contribution is 7.99. The summed E-state index contributed by atoms with van der Waals surface area (Å²) in [6, 6.07) is 0. The van der Waals surface area contributed by atoms with Crippen LogP contribution in [0.5, 0.6) is 0 Å². The van der Waals surface area contributed by atoms with Crippen molar-refractivity contribution in [3.63, 3.8) is 0 Å². The van der Waals surface area contributed by atoms with Gasteiger partial charge < -0.3 is 10.1 Å². The molecule has 0 aromatic heterocycles. The molecular weight excluding hydrogens is 206 g/mol. The molecule has 0 aromatic carbocycles. The predicted molar refractivity (Wildman–Crippen MR) is 68.6 cm³/mol. The Bertz CT molecular complexity index is 149. The molecule has 90 valence electrons. The topological polar surface area (TPSA) is 21.3 Å². The molecule has 1 aliphatic heterocycles. The van der Waals surface area contributed by atoms with Crippen LogP contribution < -0.4 is 5.32 Å². The Hall–Kier alpha value is 0.270. The second-order valence-electron chi connectivity index (χ2n) is 4.52. The maximum atomic E-state index is 5.34. The van der Waals surface area contributed by atoms with E-state index in [-0.39, 0.29) is 0 Å². The summed E-state index contributed by atoms with van der Waals surface area (Å²) in [5.74, 6) is 4.20. The average molecular weight is 231 g/mol. The summed E-state index contributed by atoms with van der Waals surface area (Å²) in [7, 11) is 0. The van der Waals surface area contributed by atoms with Crippen LogP contribution in [-0.4, -0.2) is 37.8 Å². The SMILES string of the molecule is CCC(C)CSCCNCC1CCOC1. The van der Waals surface area contributed by atoms with Crippen LogP contribution in [0, 0.1) is 11.8 Å². The van der Waals surface area contributed by atoms with Gasteiger partial charge in [0.25, 0.3) is 0 Å². The van der Waals surface area contributed by atoms with Gasteiger partial charge in [0, 0.05) is 25.4 Å². The van der Waals surface area contributed by atoms with Crippen LogP contribution in [0.25, 0.3) is 0 Å². The van der Waals surface area contributed by atoms with Crippen LogP contribution >= 0.6 is 11.8 Å². The zero-order valence-corrected chi connectivity index (χ0v) is 10.9. The van der Waals surface area contributed by atoms with Gasteiger partial charge in [-0.3, -0.25) is 0 Å². The summed E-state index contributed by atoms with van der Waals surface area (Å²) in [4.78, 5) is 0. The first-order chi connectivity index (χ1) is 7.33. The van der Waals surface area contributed by atoms with Crippen LogP contribution in [0.4, 0.5) is 0 Å². The van der Waals surface area contributed by atoms with Gasteiger partial charge in [0.2, 0.25) is 0 Å². The van der Waals surface area contributed by atoms with E-state index in [0.717, 1.165) is 38.1 Å². The molecule has 0 saturated carbocycles. The molecule has 0 bridgehead atoms. The second-order valence-corrected chi connectivity index (χ2v) is 5.67. The molecule has 1 rings (SSSR count). The minimum atomic E-state index is 0.768. The van der Waals surface area contributed by atoms with E-state index in [1.807, 2.05) is 0 Å². The molecular formula is C12H25NOS. The fraction of sp³-hybridized carbons (Fsp3) is 1.00. The fourth-order valence-electron chi connectivity index (χ4n) is 1.60. The molecule has 0 aromatic rings. The lowest BCUT2D eigenvalue weighted by atomic mass is 10.1. The van der Waals surface area contributed by atoms with Gasteiger partial charge in [0.05, 0.1) is 6.61 Å². The van der Waals surface area contributed by atoms with Crippen LogP contribution in [-0.2, 0) is 4.74 Å². The van der Waals surface area contributed by atoms with Crippen LogP contribution in [0.1, 0.15) is 26.7 Å². The summed E-state index contributed by atoms with van der Waals surface area (Å²) < 4.78 is 5.34. The van der Waals surface area contributed by atoms with Crippen molar-refractivity contribution in [2.75, 3.05) is 37.8 Å². The maximum absolute atomic E-state index is 5.34. The molecule has 1 saturated heterocycles. The number of thioether (sulfide) groups is 1. The van der Waals surface area contributed by atoms with E-state index >= 15 is 0 Å². The van der Waals surface area contributed by atoms with Gasteiger partial charge in [-0.05, 0) is 24.0 Å². The first-order valence-electron chi connectivity index (χ1n) is 6.19.